The zero-order chi connectivity index (χ0) is 19.1. The van der Waals surface area contributed by atoms with Crippen molar-refractivity contribution in [3.63, 3.8) is 0 Å². The van der Waals surface area contributed by atoms with Crippen molar-refractivity contribution in [3.05, 3.63) is 71.8 Å². The molecule has 0 aliphatic carbocycles. The van der Waals surface area contributed by atoms with E-state index in [1.54, 1.807) is 35.2 Å². The van der Waals surface area contributed by atoms with E-state index in [2.05, 4.69) is 11.4 Å². The minimum atomic E-state index is -0.203. The lowest BCUT2D eigenvalue weighted by Gasteiger charge is -2.31. The van der Waals surface area contributed by atoms with Gasteiger partial charge in [-0.3, -0.25) is 9.59 Å². The van der Waals surface area contributed by atoms with Crippen LogP contribution in [0.2, 0.25) is 0 Å². The number of rotatable bonds is 4. The van der Waals surface area contributed by atoms with Crippen LogP contribution in [0.4, 0.5) is 5.69 Å². The SMILES string of the molecule is N#Cc1ccc(C=CC(=O)N2CCCC(C(=O)Nc3ccccc3)C2)cc1. The van der Waals surface area contributed by atoms with E-state index in [9.17, 15) is 9.59 Å². The number of piperidine rings is 1. The van der Waals surface area contributed by atoms with Gasteiger partial charge in [0.05, 0.1) is 17.6 Å². The van der Waals surface area contributed by atoms with Crippen LogP contribution in [0.3, 0.4) is 0 Å². The lowest BCUT2D eigenvalue weighted by Crippen LogP contribution is -2.43. The molecule has 1 saturated heterocycles. The van der Waals surface area contributed by atoms with Crippen molar-refractivity contribution in [3.8, 4) is 6.07 Å². The Morgan fingerprint density at radius 2 is 1.85 bits per heavy atom. The highest BCUT2D eigenvalue weighted by Gasteiger charge is 2.27. The predicted octanol–water partition coefficient (Wildman–Crippen LogP) is 3.45. The number of carbonyl (C=O) groups excluding carboxylic acids is 2. The molecule has 0 bridgehead atoms. The third-order valence-electron chi connectivity index (χ3n) is 4.60. The van der Waals surface area contributed by atoms with Gasteiger partial charge in [0.15, 0.2) is 0 Å². The Hall–Kier alpha value is -3.39. The number of nitrogens with zero attached hydrogens (tertiary/aromatic N) is 2. The minimum absolute atomic E-state index is 0.0465. The second-order valence-corrected chi connectivity index (χ2v) is 6.55. The predicted molar refractivity (Wildman–Crippen MR) is 105 cm³/mol. The molecule has 1 heterocycles. The van der Waals surface area contributed by atoms with Crippen LogP contribution in [0, 0.1) is 17.2 Å². The molecule has 0 spiro atoms. The van der Waals surface area contributed by atoms with Gasteiger partial charge in [-0.05, 0) is 48.7 Å². The number of likely N-dealkylation sites (tertiary alicyclic amines) is 1. The van der Waals surface area contributed by atoms with E-state index in [-0.39, 0.29) is 17.7 Å². The van der Waals surface area contributed by atoms with Gasteiger partial charge < -0.3 is 10.2 Å². The number of carbonyl (C=O) groups is 2. The van der Waals surface area contributed by atoms with Gasteiger partial charge in [0.25, 0.3) is 0 Å². The summed E-state index contributed by atoms with van der Waals surface area (Å²) in [6.07, 6.45) is 4.85. The van der Waals surface area contributed by atoms with Crippen molar-refractivity contribution in [2.75, 3.05) is 18.4 Å². The minimum Gasteiger partial charge on any atom is -0.338 e. The molecule has 5 nitrogen and oxygen atoms in total. The number of amides is 2. The topological polar surface area (TPSA) is 73.2 Å². The van der Waals surface area contributed by atoms with Gasteiger partial charge in [0.1, 0.15) is 0 Å². The van der Waals surface area contributed by atoms with Crippen molar-refractivity contribution in [1.29, 1.82) is 5.26 Å². The van der Waals surface area contributed by atoms with E-state index in [1.165, 1.54) is 6.08 Å². The molecule has 1 N–H and O–H groups in total. The summed E-state index contributed by atoms with van der Waals surface area (Å²) in [5, 5.41) is 11.7. The molecule has 0 aromatic heterocycles. The van der Waals surface area contributed by atoms with Crippen LogP contribution < -0.4 is 5.32 Å². The van der Waals surface area contributed by atoms with Gasteiger partial charge in [-0.15, -0.1) is 0 Å². The molecule has 0 radical (unpaired) electrons. The summed E-state index contributed by atoms with van der Waals surface area (Å²) in [5.74, 6) is -0.349. The van der Waals surface area contributed by atoms with Gasteiger partial charge in [-0.1, -0.05) is 30.3 Å². The maximum absolute atomic E-state index is 12.5. The molecule has 2 amide bonds. The molecule has 136 valence electrons. The zero-order valence-corrected chi connectivity index (χ0v) is 15.0. The second-order valence-electron chi connectivity index (χ2n) is 6.55. The van der Waals surface area contributed by atoms with Crippen LogP contribution in [-0.2, 0) is 9.59 Å². The number of para-hydroxylation sites is 1. The molecular weight excluding hydrogens is 338 g/mol. The first-order valence-electron chi connectivity index (χ1n) is 8.99. The molecule has 1 aliphatic rings. The van der Waals surface area contributed by atoms with Gasteiger partial charge in [-0.25, -0.2) is 0 Å². The van der Waals surface area contributed by atoms with Crippen LogP contribution in [-0.4, -0.2) is 29.8 Å². The first-order chi connectivity index (χ1) is 13.2. The molecule has 27 heavy (non-hydrogen) atoms. The Morgan fingerprint density at radius 1 is 1.11 bits per heavy atom. The third kappa shape index (κ3) is 5.05. The van der Waals surface area contributed by atoms with Gasteiger partial charge in [-0.2, -0.15) is 5.26 Å². The Labute approximate surface area is 158 Å². The first kappa shape index (κ1) is 18.4. The van der Waals surface area contributed by atoms with Crippen LogP contribution in [0.25, 0.3) is 6.08 Å². The van der Waals surface area contributed by atoms with E-state index >= 15 is 0 Å². The number of benzene rings is 2. The Balaban J connectivity index is 1.58. The van der Waals surface area contributed by atoms with Gasteiger partial charge in [0, 0.05) is 24.9 Å². The van der Waals surface area contributed by atoms with E-state index < -0.39 is 0 Å². The van der Waals surface area contributed by atoms with E-state index in [0.29, 0.717) is 18.7 Å². The summed E-state index contributed by atoms with van der Waals surface area (Å²) in [7, 11) is 0. The summed E-state index contributed by atoms with van der Waals surface area (Å²) < 4.78 is 0. The molecule has 5 heteroatoms. The Kier molecular flexibility index (Phi) is 6.01. The fraction of sp³-hybridized carbons (Fsp3) is 0.227. The summed E-state index contributed by atoms with van der Waals surface area (Å²) in [6.45, 7) is 1.08. The molecule has 1 fully saturated rings. The highest BCUT2D eigenvalue weighted by Crippen LogP contribution is 2.19. The normalized spacial score (nSPS) is 16.7. The quantitative estimate of drug-likeness (QED) is 0.850. The average Bonchev–Trinajstić information content (AvgIpc) is 2.73. The molecule has 2 aromatic rings. The molecular formula is C22H21N3O2. The summed E-state index contributed by atoms with van der Waals surface area (Å²) in [6, 6.07) is 18.5. The van der Waals surface area contributed by atoms with Crippen molar-refractivity contribution in [2.24, 2.45) is 5.92 Å². The molecule has 2 aromatic carbocycles. The van der Waals surface area contributed by atoms with Crippen molar-refractivity contribution < 1.29 is 9.59 Å². The first-order valence-corrected chi connectivity index (χ1v) is 8.99. The lowest BCUT2D eigenvalue weighted by atomic mass is 9.97. The zero-order valence-electron chi connectivity index (χ0n) is 15.0. The van der Waals surface area contributed by atoms with Crippen LogP contribution in [0.1, 0.15) is 24.0 Å². The van der Waals surface area contributed by atoms with Crippen molar-refractivity contribution in [2.45, 2.75) is 12.8 Å². The van der Waals surface area contributed by atoms with Gasteiger partial charge >= 0.3 is 0 Å². The largest absolute Gasteiger partial charge is 0.338 e. The van der Waals surface area contributed by atoms with Crippen LogP contribution >= 0.6 is 0 Å². The standard InChI is InChI=1S/C22H21N3O2/c23-15-18-10-8-17(9-11-18)12-13-21(26)25-14-4-5-19(16-25)22(27)24-20-6-2-1-3-7-20/h1-3,6-13,19H,4-5,14,16H2,(H,24,27). The van der Waals surface area contributed by atoms with Crippen LogP contribution in [0.15, 0.2) is 60.7 Å². The molecule has 1 unspecified atom stereocenters. The van der Waals surface area contributed by atoms with E-state index in [0.717, 1.165) is 24.1 Å². The highest BCUT2D eigenvalue weighted by molar-refractivity contribution is 5.95. The number of anilines is 1. The number of hydrogen-bond acceptors (Lipinski definition) is 3. The fourth-order valence-corrected chi connectivity index (χ4v) is 3.10. The number of nitriles is 1. The Morgan fingerprint density at radius 3 is 2.56 bits per heavy atom. The van der Waals surface area contributed by atoms with E-state index in [4.69, 9.17) is 5.26 Å². The van der Waals surface area contributed by atoms with Crippen LogP contribution in [0.5, 0.6) is 0 Å². The second kappa shape index (κ2) is 8.81. The molecule has 0 saturated carbocycles. The highest BCUT2D eigenvalue weighted by atomic mass is 16.2. The maximum atomic E-state index is 12.5. The lowest BCUT2D eigenvalue weighted by molar-refractivity contribution is -0.130. The summed E-state index contributed by atoms with van der Waals surface area (Å²) >= 11 is 0. The fourth-order valence-electron chi connectivity index (χ4n) is 3.10. The monoisotopic (exact) mass is 359 g/mol. The molecule has 1 atom stereocenters. The Bertz CT molecular complexity index is 867. The van der Waals surface area contributed by atoms with Gasteiger partial charge in [0.2, 0.25) is 11.8 Å². The van der Waals surface area contributed by atoms with Crippen molar-refractivity contribution in [1.82, 2.24) is 4.90 Å². The summed E-state index contributed by atoms with van der Waals surface area (Å²) in [5.41, 5.74) is 2.21. The molecule has 3 rings (SSSR count). The molecule has 1 aliphatic heterocycles. The number of hydrogen-bond donors (Lipinski definition) is 1. The third-order valence-corrected chi connectivity index (χ3v) is 4.60. The average molecular weight is 359 g/mol. The maximum Gasteiger partial charge on any atom is 0.246 e. The summed E-state index contributed by atoms with van der Waals surface area (Å²) in [4.78, 5) is 26.7. The van der Waals surface area contributed by atoms with E-state index in [1.807, 2.05) is 30.3 Å². The van der Waals surface area contributed by atoms with Crippen molar-refractivity contribution >= 4 is 23.6 Å². The number of nitrogens with one attached hydrogen (secondary N) is 1. The smallest absolute Gasteiger partial charge is 0.246 e.